The largest absolute Gasteiger partial charge is 0.455 e. The van der Waals surface area contributed by atoms with Gasteiger partial charge in [0.1, 0.15) is 11.2 Å². The monoisotopic (exact) mass is 805 g/mol. The molecular formula is C59H39N3O. The zero-order valence-electron chi connectivity index (χ0n) is 34.5. The smallest absolute Gasteiger partial charge is 0.155 e. The number of rotatable bonds is 5. The molecule has 13 rings (SSSR count). The highest BCUT2D eigenvalue weighted by Crippen LogP contribution is 2.45. The first-order valence-electron chi connectivity index (χ1n) is 21.8. The first kappa shape index (κ1) is 35.7. The molecule has 0 saturated heterocycles. The Morgan fingerprint density at radius 2 is 1.10 bits per heavy atom. The third-order valence-corrected chi connectivity index (χ3v) is 13.3. The molecule has 0 saturated carbocycles. The van der Waals surface area contributed by atoms with Crippen LogP contribution in [0.25, 0.3) is 92.9 Å². The van der Waals surface area contributed by atoms with E-state index in [4.69, 9.17) is 14.4 Å². The Hall–Kier alpha value is -8.08. The third kappa shape index (κ3) is 5.54. The van der Waals surface area contributed by atoms with Crippen LogP contribution in [-0.2, 0) is 0 Å². The molecule has 0 N–H and O–H groups in total. The van der Waals surface area contributed by atoms with E-state index >= 15 is 0 Å². The van der Waals surface area contributed by atoms with Crippen molar-refractivity contribution < 1.29 is 4.42 Å². The van der Waals surface area contributed by atoms with Crippen molar-refractivity contribution in [3.05, 3.63) is 223 Å². The zero-order valence-corrected chi connectivity index (χ0v) is 34.5. The van der Waals surface area contributed by atoms with E-state index in [2.05, 4.69) is 218 Å². The highest BCUT2D eigenvalue weighted by atomic mass is 16.3. The minimum Gasteiger partial charge on any atom is -0.455 e. The van der Waals surface area contributed by atoms with Crippen LogP contribution < -0.4 is 0 Å². The van der Waals surface area contributed by atoms with Gasteiger partial charge in [-0.2, -0.15) is 0 Å². The summed E-state index contributed by atoms with van der Waals surface area (Å²) in [5.74, 6) is 0.627. The van der Waals surface area contributed by atoms with Crippen LogP contribution in [0.15, 0.2) is 221 Å². The average Bonchev–Trinajstić information content (AvgIpc) is 3.90. The van der Waals surface area contributed by atoms with E-state index in [9.17, 15) is 0 Å². The maximum absolute atomic E-state index is 7.33. The molecule has 12 aromatic rings. The van der Waals surface area contributed by atoms with Gasteiger partial charge in [0.25, 0.3) is 0 Å². The van der Waals surface area contributed by atoms with Crippen molar-refractivity contribution >= 4 is 87.6 Å². The summed E-state index contributed by atoms with van der Waals surface area (Å²) in [7, 11) is 0. The van der Waals surface area contributed by atoms with Crippen molar-refractivity contribution in [2.24, 2.45) is 15.9 Å². The molecule has 2 unspecified atom stereocenters. The number of hydrogen-bond donors (Lipinski definition) is 0. The molecule has 0 radical (unpaired) electrons. The predicted molar refractivity (Wildman–Crippen MR) is 264 cm³/mol. The third-order valence-electron chi connectivity index (χ3n) is 13.3. The van der Waals surface area contributed by atoms with Crippen LogP contribution in [0.5, 0.6) is 0 Å². The highest BCUT2D eigenvalue weighted by molar-refractivity contribution is 6.26. The van der Waals surface area contributed by atoms with E-state index in [1.807, 2.05) is 0 Å². The van der Waals surface area contributed by atoms with E-state index in [0.29, 0.717) is 5.84 Å². The summed E-state index contributed by atoms with van der Waals surface area (Å²) in [6.45, 7) is 2.28. The molecule has 1 aliphatic rings. The Bertz CT molecular complexity index is 3880. The number of aliphatic imine (C=N–C) groups is 2. The Labute approximate surface area is 363 Å². The fraction of sp³-hybridized carbons (Fsp3) is 0.0508. The van der Waals surface area contributed by atoms with Crippen LogP contribution in [0.4, 0.5) is 0 Å². The minimum atomic E-state index is -0.204. The molecule has 2 atom stereocenters. The van der Waals surface area contributed by atoms with Gasteiger partial charge in [-0.25, -0.2) is 4.99 Å². The molecule has 2 aromatic heterocycles. The lowest BCUT2D eigenvalue weighted by molar-refractivity contribution is 0.594. The average molecular weight is 806 g/mol. The second kappa shape index (κ2) is 14.0. The summed E-state index contributed by atoms with van der Waals surface area (Å²) in [5.41, 5.74) is 11.5. The van der Waals surface area contributed by atoms with Crippen LogP contribution in [0.3, 0.4) is 0 Å². The predicted octanol–water partition coefficient (Wildman–Crippen LogP) is 15.4. The number of fused-ring (bicyclic) bond motifs is 10. The Kier molecular flexibility index (Phi) is 7.91. The molecule has 0 bridgehead atoms. The first-order chi connectivity index (χ1) is 31.2. The summed E-state index contributed by atoms with van der Waals surface area (Å²) in [4.78, 5) is 11.2. The Balaban J connectivity index is 1.10. The van der Waals surface area contributed by atoms with E-state index in [0.717, 1.165) is 77.4 Å². The molecule has 3 heterocycles. The van der Waals surface area contributed by atoms with Crippen molar-refractivity contribution in [3.8, 4) is 16.8 Å². The molecule has 296 valence electrons. The van der Waals surface area contributed by atoms with E-state index in [1.54, 1.807) is 0 Å². The van der Waals surface area contributed by atoms with Gasteiger partial charge in [0.15, 0.2) is 5.84 Å². The van der Waals surface area contributed by atoms with Gasteiger partial charge in [0, 0.05) is 38.6 Å². The maximum Gasteiger partial charge on any atom is 0.155 e. The number of nitrogens with zero attached hydrogens (tertiary/aromatic N) is 3. The number of hydrogen-bond acceptors (Lipinski definition) is 3. The maximum atomic E-state index is 7.33. The highest BCUT2D eigenvalue weighted by Gasteiger charge is 2.33. The van der Waals surface area contributed by atoms with Gasteiger partial charge in [-0.15, -0.1) is 0 Å². The fourth-order valence-corrected chi connectivity index (χ4v) is 10.3. The first-order valence-corrected chi connectivity index (χ1v) is 21.8. The summed E-state index contributed by atoms with van der Waals surface area (Å²) in [6.07, 6.45) is 0. The molecule has 4 heteroatoms. The van der Waals surface area contributed by atoms with Gasteiger partial charge >= 0.3 is 0 Å². The lowest BCUT2D eigenvalue weighted by atomic mass is 9.84. The Morgan fingerprint density at radius 1 is 0.444 bits per heavy atom. The number of para-hydroxylation sites is 1. The van der Waals surface area contributed by atoms with Crippen molar-refractivity contribution in [3.63, 3.8) is 0 Å². The molecule has 0 spiro atoms. The van der Waals surface area contributed by atoms with Crippen molar-refractivity contribution in [2.45, 2.75) is 13.0 Å². The number of furan rings is 1. The normalized spacial score (nSPS) is 15.6. The van der Waals surface area contributed by atoms with E-state index < -0.39 is 0 Å². The van der Waals surface area contributed by atoms with Crippen molar-refractivity contribution in [2.75, 3.05) is 0 Å². The quantitative estimate of drug-likeness (QED) is 0.171. The summed E-state index contributed by atoms with van der Waals surface area (Å²) in [5, 5.41) is 11.6. The minimum absolute atomic E-state index is 0.0875. The summed E-state index contributed by atoms with van der Waals surface area (Å²) in [6, 6.07) is 73.9. The summed E-state index contributed by atoms with van der Waals surface area (Å²) >= 11 is 0. The molecule has 63 heavy (non-hydrogen) atoms. The van der Waals surface area contributed by atoms with Gasteiger partial charge in [0.2, 0.25) is 0 Å². The van der Waals surface area contributed by atoms with Gasteiger partial charge < -0.3 is 8.98 Å². The molecule has 4 nitrogen and oxygen atoms in total. The molecule has 0 aliphatic carbocycles. The van der Waals surface area contributed by atoms with Crippen LogP contribution in [0.1, 0.15) is 29.7 Å². The Morgan fingerprint density at radius 3 is 1.94 bits per heavy atom. The SMILES string of the molecule is CC1C(c2ccc(-n3c4ccccc4c4cc5ccccc5cc43)c3c2oc2c4ccccc4ccc23)=NC(c2cccc(-c3ccccc3)c2)=NC1c1cccc2ccccc12. The molecular weight excluding hydrogens is 767 g/mol. The standard InChI is InChI=1S/C59H39N3O/c1-36-55(47-27-14-21-38-17-7-9-24-44(38)47)60-59(43-23-13-22-40(33-43)37-15-3-2-4-16-37)61-56(36)49-31-32-52(54-48-30-29-39-18-8-10-25-45(39)57(48)63-58(49)54)62-51-28-12-11-26-46(51)50-34-41-19-5-6-20-42(41)35-53(50)62/h2-36,55H,1H3. The van der Waals surface area contributed by atoms with Gasteiger partial charge in [0.05, 0.1) is 33.9 Å². The van der Waals surface area contributed by atoms with Gasteiger partial charge in [-0.05, 0) is 86.1 Å². The van der Waals surface area contributed by atoms with Crippen LogP contribution in [0.2, 0.25) is 0 Å². The second-order valence-corrected chi connectivity index (χ2v) is 16.9. The lowest BCUT2D eigenvalue weighted by Crippen LogP contribution is -2.26. The van der Waals surface area contributed by atoms with Crippen LogP contribution >= 0.6 is 0 Å². The van der Waals surface area contributed by atoms with Gasteiger partial charge in [-0.1, -0.05) is 171 Å². The molecule has 0 fully saturated rings. The van der Waals surface area contributed by atoms with Crippen molar-refractivity contribution in [1.82, 2.24) is 4.57 Å². The number of aromatic nitrogens is 1. The van der Waals surface area contributed by atoms with E-state index in [1.165, 1.54) is 37.9 Å². The number of benzene rings is 10. The molecule has 0 amide bonds. The van der Waals surface area contributed by atoms with E-state index in [-0.39, 0.29) is 12.0 Å². The topological polar surface area (TPSA) is 42.8 Å². The fourth-order valence-electron chi connectivity index (χ4n) is 10.3. The second-order valence-electron chi connectivity index (χ2n) is 16.9. The van der Waals surface area contributed by atoms with Gasteiger partial charge in [-0.3, -0.25) is 4.99 Å². The summed E-state index contributed by atoms with van der Waals surface area (Å²) < 4.78 is 9.77. The molecule has 10 aromatic carbocycles. The van der Waals surface area contributed by atoms with Crippen LogP contribution in [0, 0.1) is 5.92 Å². The zero-order chi connectivity index (χ0) is 41.6. The lowest BCUT2D eigenvalue weighted by Gasteiger charge is -2.29. The van der Waals surface area contributed by atoms with Crippen molar-refractivity contribution in [1.29, 1.82) is 0 Å². The molecule has 1 aliphatic heterocycles. The van der Waals surface area contributed by atoms with Crippen LogP contribution in [-0.4, -0.2) is 16.1 Å². The number of amidine groups is 1.